The Morgan fingerprint density at radius 3 is 3.05 bits per heavy atom. The standard InChI is InChI=1S/C15H23N5S/c1-15(2,3)14-17-8-12(21-14)7-16-6-11-4-5-13-19-18-10-20(13)9-11/h8,10-11,16H,4-7,9H2,1-3H3/t11-/m0/s1. The Bertz CT molecular complexity index is 595. The smallest absolute Gasteiger partial charge is 0.132 e. The largest absolute Gasteiger partial charge is 0.317 e. The highest BCUT2D eigenvalue weighted by Gasteiger charge is 2.20. The molecule has 1 N–H and O–H groups in total. The van der Waals surface area contributed by atoms with E-state index in [1.54, 1.807) is 0 Å². The number of fused-ring (bicyclic) bond motifs is 1. The molecule has 0 amide bonds. The number of hydrogen-bond donors (Lipinski definition) is 1. The van der Waals surface area contributed by atoms with Crippen molar-refractivity contribution in [2.45, 2.75) is 52.1 Å². The summed E-state index contributed by atoms with van der Waals surface area (Å²) in [6, 6.07) is 0. The van der Waals surface area contributed by atoms with Gasteiger partial charge in [0.2, 0.25) is 0 Å². The SMILES string of the molecule is CC(C)(C)c1ncc(CNC[C@@H]2CCc3nncn3C2)s1. The van der Waals surface area contributed by atoms with Crippen molar-refractivity contribution in [1.82, 2.24) is 25.1 Å². The molecule has 0 bridgehead atoms. The van der Waals surface area contributed by atoms with Crippen molar-refractivity contribution in [3.63, 3.8) is 0 Å². The molecule has 0 radical (unpaired) electrons. The lowest BCUT2D eigenvalue weighted by molar-refractivity contribution is 0.348. The van der Waals surface area contributed by atoms with Crippen molar-refractivity contribution in [2.24, 2.45) is 5.92 Å². The van der Waals surface area contributed by atoms with Gasteiger partial charge >= 0.3 is 0 Å². The molecule has 3 heterocycles. The number of nitrogens with zero attached hydrogens (tertiary/aromatic N) is 4. The van der Waals surface area contributed by atoms with E-state index in [4.69, 9.17) is 0 Å². The molecule has 0 aromatic carbocycles. The van der Waals surface area contributed by atoms with Gasteiger partial charge in [0.15, 0.2) is 0 Å². The van der Waals surface area contributed by atoms with Crippen LogP contribution in [0.3, 0.4) is 0 Å². The van der Waals surface area contributed by atoms with Crippen LogP contribution in [0.2, 0.25) is 0 Å². The van der Waals surface area contributed by atoms with Crippen molar-refractivity contribution in [3.05, 3.63) is 28.2 Å². The monoisotopic (exact) mass is 305 g/mol. The van der Waals surface area contributed by atoms with Gasteiger partial charge in [0.25, 0.3) is 0 Å². The highest BCUT2D eigenvalue weighted by Crippen LogP contribution is 2.26. The average Bonchev–Trinajstić information content (AvgIpc) is 3.05. The van der Waals surface area contributed by atoms with Crippen LogP contribution in [0, 0.1) is 5.92 Å². The van der Waals surface area contributed by atoms with Crippen LogP contribution >= 0.6 is 11.3 Å². The van der Waals surface area contributed by atoms with Crippen LogP contribution in [0.1, 0.15) is 42.9 Å². The highest BCUT2D eigenvalue weighted by molar-refractivity contribution is 7.11. The fourth-order valence-electron chi connectivity index (χ4n) is 2.63. The minimum Gasteiger partial charge on any atom is -0.317 e. The van der Waals surface area contributed by atoms with Crippen LogP contribution in [0.4, 0.5) is 0 Å². The van der Waals surface area contributed by atoms with E-state index in [-0.39, 0.29) is 5.41 Å². The Kier molecular flexibility index (Phi) is 4.08. The molecule has 0 saturated carbocycles. The van der Waals surface area contributed by atoms with Gasteiger partial charge in [-0.3, -0.25) is 0 Å². The number of thiazole rings is 1. The average molecular weight is 305 g/mol. The molecule has 3 rings (SSSR count). The summed E-state index contributed by atoms with van der Waals surface area (Å²) in [4.78, 5) is 5.85. The molecule has 6 heteroatoms. The molecule has 0 unspecified atom stereocenters. The van der Waals surface area contributed by atoms with Gasteiger partial charge in [-0.1, -0.05) is 20.8 Å². The third-order valence-corrected chi connectivity index (χ3v) is 5.28. The first-order valence-electron chi connectivity index (χ1n) is 7.55. The second kappa shape index (κ2) is 5.85. The van der Waals surface area contributed by atoms with E-state index in [1.165, 1.54) is 16.3 Å². The first-order valence-corrected chi connectivity index (χ1v) is 8.36. The van der Waals surface area contributed by atoms with E-state index in [0.717, 1.165) is 31.9 Å². The minimum absolute atomic E-state index is 0.150. The van der Waals surface area contributed by atoms with E-state index in [2.05, 4.69) is 45.8 Å². The molecule has 2 aromatic rings. The summed E-state index contributed by atoms with van der Waals surface area (Å²) >= 11 is 1.82. The maximum absolute atomic E-state index is 4.53. The number of hydrogen-bond acceptors (Lipinski definition) is 5. The Labute approximate surface area is 129 Å². The Balaban J connectivity index is 1.48. The molecule has 0 spiro atoms. The van der Waals surface area contributed by atoms with E-state index in [0.29, 0.717) is 5.92 Å². The summed E-state index contributed by atoms with van der Waals surface area (Å²) in [5.41, 5.74) is 0.150. The van der Waals surface area contributed by atoms with Crippen LogP contribution < -0.4 is 5.32 Å². The third kappa shape index (κ3) is 3.49. The van der Waals surface area contributed by atoms with E-state index >= 15 is 0 Å². The quantitative estimate of drug-likeness (QED) is 0.942. The van der Waals surface area contributed by atoms with Crippen molar-refractivity contribution in [1.29, 1.82) is 0 Å². The zero-order valence-corrected chi connectivity index (χ0v) is 13.8. The fourth-order valence-corrected chi connectivity index (χ4v) is 3.57. The molecular weight excluding hydrogens is 282 g/mol. The van der Waals surface area contributed by atoms with Gasteiger partial charge in [-0.05, 0) is 12.3 Å². The molecule has 0 saturated heterocycles. The second-order valence-electron chi connectivity index (χ2n) is 6.82. The van der Waals surface area contributed by atoms with Crippen molar-refractivity contribution >= 4 is 11.3 Å². The molecule has 2 aromatic heterocycles. The predicted molar refractivity (Wildman–Crippen MR) is 84.4 cm³/mol. The van der Waals surface area contributed by atoms with Crippen molar-refractivity contribution in [3.8, 4) is 0 Å². The molecule has 1 aliphatic rings. The van der Waals surface area contributed by atoms with Gasteiger partial charge in [0.1, 0.15) is 12.2 Å². The van der Waals surface area contributed by atoms with Gasteiger partial charge in [-0.2, -0.15) is 0 Å². The second-order valence-corrected chi connectivity index (χ2v) is 7.93. The van der Waals surface area contributed by atoms with Crippen LogP contribution in [-0.4, -0.2) is 26.3 Å². The highest BCUT2D eigenvalue weighted by atomic mass is 32.1. The summed E-state index contributed by atoms with van der Waals surface area (Å²) in [5, 5.41) is 12.9. The number of aromatic nitrogens is 4. The molecule has 1 aliphatic heterocycles. The first-order chi connectivity index (χ1) is 10.0. The van der Waals surface area contributed by atoms with E-state index < -0.39 is 0 Å². The Morgan fingerprint density at radius 1 is 1.43 bits per heavy atom. The van der Waals surface area contributed by atoms with Crippen molar-refractivity contribution < 1.29 is 0 Å². The molecular formula is C15H23N5S. The van der Waals surface area contributed by atoms with Gasteiger partial charge < -0.3 is 9.88 Å². The third-order valence-electron chi connectivity index (χ3n) is 3.85. The van der Waals surface area contributed by atoms with Gasteiger partial charge in [-0.25, -0.2) is 4.98 Å². The maximum Gasteiger partial charge on any atom is 0.132 e. The summed E-state index contributed by atoms with van der Waals surface area (Å²) in [6.07, 6.45) is 6.10. The van der Waals surface area contributed by atoms with E-state index in [1.807, 2.05) is 23.9 Å². The molecule has 0 aliphatic carbocycles. The fraction of sp³-hybridized carbons (Fsp3) is 0.667. The summed E-state index contributed by atoms with van der Waals surface area (Å²) in [6.45, 7) is 9.62. The zero-order valence-electron chi connectivity index (χ0n) is 13.0. The van der Waals surface area contributed by atoms with Crippen LogP contribution in [0.25, 0.3) is 0 Å². The van der Waals surface area contributed by atoms with Crippen LogP contribution in [0.5, 0.6) is 0 Å². The Hall–Kier alpha value is -1.27. The molecule has 0 fully saturated rings. The number of aryl methyl sites for hydroxylation is 1. The molecule has 1 atom stereocenters. The Morgan fingerprint density at radius 2 is 2.29 bits per heavy atom. The summed E-state index contributed by atoms with van der Waals surface area (Å²) in [7, 11) is 0. The molecule has 5 nitrogen and oxygen atoms in total. The lowest BCUT2D eigenvalue weighted by Gasteiger charge is -2.23. The van der Waals surface area contributed by atoms with Gasteiger partial charge in [-0.15, -0.1) is 21.5 Å². The topological polar surface area (TPSA) is 55.6 Å². The predicted octanol–water partition coefficient (Wildman–Crippen LogP) is 2.38. The van der Waals surface area contributed by atoms with Crippen molar-refractivity contribution in [2.75, 3.05) is 6.54 Å². The molecule has 21 heavy (non-hydrogen) atoms. The van der Waals surface area contributed by atoms with Crippen LogP contribution in [-0.2, 0) is 24.9 Å². The summed E-state index contributed by atoms with van der Waals surface area (Å²) in [5.74, 6) is 1.80. The first kappa shape index (κ1) is 14.7. The number of nitrogens with one attached hydrogen (secondary N) is 1. The number of rotatable bonds is 4. The maximum atomic E-state index is 4.53. The molecule has 114 valence electrons. The normalized spacial score (nSPS) is 18.7. The van der Waals surface area contributed by atoms with Gasteiger partial charge in [0.05, 0.1) is 5.01 Å². The van der Waals surface area contributed by atoms with Gasteiger partial charge in [0, 0.05) is 42.5 Å². The van der Waals surface area contributed by atoms with Crippen LogP contribution in [0.15, 0.2) is 12.5 Å². The lowest BCUT2D eigenvalue weighted by Crippen LogP contribution is -2.29. The lowest BCUT2D eigenvalue weighted by atomic mass is 9.98. The van der Waals surface area contributed by atoms with E-state index in [9.17, 15) is 0 Å². The minimum atomic E-state index is 0.150. The zero-order chi connectivity index (χ0) is 14.9. The summed E-state index contributed by atoms with van der Waals surface area (Å²) < 4.78 is 2.18.